The third kappa shape index (κ3) is 5.35. The number of aromatic nitrogens is 4. The van der Waals surface area contributed by atoms with Crippen LogP contribution in [0.4, 0.5) is 11.8 Å². The van der Waals surface area contributed by atoms with Crippen molar-refractivity contribution in [2.24, 2.45) is 0 Å². The van der Waals surface area contributed by atoms with Gasteiger partial charge in [-0.3, -0.25) is 0 Å². The SMILES string of the molecule is COCCNc1cccc2c(-c3ccnc(NC4CCCC4)n3)c(COCCOC)nn12. The number of hydrogen-bond donors (Lipinski definition) is 2. The maximum absolute atomic E-state index is 5.83. The number of rotatable bonds is 12. The highest BCUT2D eigenvalue weighted by molar-refractivity contribution is 5.82. The minimum absolute atomic E-state index is 0.368. The Morgan fingerprint density at radius 1 is 1.06 bits per heavy atom. The van der Waals surface area contributed by atoms with Crippen LogP contribution in [0.3, 0.4) is 0 Å². The van der Waals surface area contributed by atoms with Crippen molar-refractivity contribution >= 4 is 17.3 Å². The number of pyridine rings is 1. The number of nitrogens with one attached hydrogen (secondary N) is 2. The lowest BCUT2D eigenvalue weighted by atomic mass is 10.1. The normalized spacial score (nSPS) is 14.3. The van der Waals surface area contributed by atoms with Crippen molar-refractivity contribution in [1.82, 2.24) is 19.6 Å². The highest BCUT2D eigenvalue weighted by Crippen LogP contribution is 2.30. The Morgan fingerprint density at radius 3 is 2.72 bits per heavy atom. The van der Waals surface area contributed by atoms with Crippen molar-refractivity contribution in [3.63, 3.8) is 0 Å². The summed E-state index contributed by atoms with van der Waals surface area (Å²) in [4.78, 5) is 9.30. The third-order valence-corrected chi connectivity index (χ3v) is 5.61. The Kier molecular flexibility index (Phi) is 7.87. The first-order valence-corrected chi connectivity index (χ1v) is 11.2. The molecule has 0 aromatic carbocycles. The molecule has 1 aliphatic carbocycles. The van der Waals surface area contributed by atoms with E-state index in [4.69, 9.17) is 24.3 Å². The number of methoxy groups -OCH3 is 2. The van der Waals surface area contributed by atoms with Crippen LogP contribution in [0, 0.1) is 0 Å². The Bertz CT molecular complexity index is 1000. The Morgan fingerprint density at radius 2 is 1.91 bits per heavy atom. The lowest BCUT2D eigenvalue weighted by Crippen LogP contribution is -2.16. The molecule has 2 N–H and O–H groups in total. The van der Waals surface area contributed by atoms with Crippen LogP contribution in [-0.4, -0.2) is 66.2 Å². The van der Waals surface area contributed by atoms with Crippen molar-refractivity contribution in [2.45, 2.75) is 38.3 Å². The highest BCUT2D eigenvalue weighted by atomic mass is 16.5. The summed E-state index contributed by atoms with van der Waals surface area (Å²) in [5.74, 6) is 1.55. The summed E-state index contributed by atoms with van der Waals surface area (Å²) in [6.07, 6.45) is 6.65. The third-order valence-electron chi connectivity index (χ3n) is 5.61. The zero-order valence-electron chi connectivity index (χ0n) is 18.8. The van der Waals surface area contributed by atoms with E-state index in [2.05, 4.69) is 21.7 Å². The van der Waals surface area contributed by atoms with Crippen molar-refractivity contribution in [3.8, 4) is 11.3 Å². The van der Waals surface area contributed by atoms with E-state index in [0.717, 1.165) is 28.3 Å². The predicted molar refractivity (Wildman–Crippen MR) is 124 cm³/mol. The van der Waals surface area contributed by atoms with Gasteiger partial charge in [-0.15, -0.1) is 0 Å². The van der Waals surface area contributed by atoms with Gasteiger partial charge in [-0.2, -0.15) is 5.10 Å². The molecule has 0 saturated heterocycles. The molecule has 3 aromatic heterocycles. The maximum Gasteiger partial charge on any atom is 0.223 e. The Hall–Kier alpha value is -2.75. The maximum atomic E-state index is 5.83. The molecule has 32 heavy (non-hydrogen) atoms. The molecule has 1 fully saturated rings. The molecule has 1 saturated carbocycles. The first-order chi connectivity index (χ1) is 15.8. The van der Waals surface area contributed by atoms with E-state index < -0.39 is 0 Å². The summed E-state index contributed by atoms with van der Waals surface area (Å²) in [5, 5.41) is 11.7. The molecule has 0 unspecified atom stereocenters. The number of hydrogen-bond acceptors (Lipinski definition) is 8. The summed E-state index contributed by atoms with van der Waals surface area (Å²) < 4.78 is 18.0. The van der Waals surface area contributed by atoms with E-state index in [-0.39, 0.29) is 0 Å². The number of anilines is 2. The van der Waals surface area contributed by atoms with Gasteiger partial charge in [0.25, 0.3) is 0 Å². The van der Waals surface area contributed by atoms with Gasteiger partial charge < -0.3 is 24.8 Å². The van der Waals surface area contributed by atoms with E-state index in [0.29, 0.717) is 45.0 Å². The first-order valence-electron chi connectivity index (χ1n) is 11.2. The van der Waals surface area contributed by atoms with Crippen LogP contribution in [0.1, 0.15) is 31.4 Å². The minimum Gasteiger partial charge on any atom is -0.383 e. The summed E-state index contributed by atoms with van der Waals surface area (Å²) in [7, 11) is 3.35. The Labute approximate surface area is 188 Å². The second kappa shape index (κ2) is 11.2. The molecule has 172 valence electrons. The molecule has 0 amide bonds. The molecular formula is C23H32N6O3. The van der Waals surface area contributed by atoms with Crippen LogP contribution in [-0.2, 0) is 20.8 Å². The van der Waals surface area contributed by atoms with Crippen LogP contribution in [0.15, 0.2) is 30.5 Å². The van der Waals surface area contributed by atoms with Crippen molar-refractivity contribution in [2.75, 3.05) is 51.2 Å². The van der Waals surface area contributed by atoms with E-state index in [1.165, 1.54) is 25.7 Å². The van der Waals surface area contributed by atoms with Gasteiger partial charge in [-0.05, 0) is 31.0 Å². The average molecular weight is 441 g/mol. The molecule has 0 atom stereocenters. The highest BCUT2D eigenvalue weighted by Gasteiger charge is 2.20. The average Bonchev–Trinajstić information content (AvgIpc) is 3.45. The standard InChI is InChI=1S/C23H32N6O3/c1-30-13-12-24-21-9-5-8-20-22(19(28-29(20)21)16-32-15-14-31-2)18-10-11-25-23(27-18)26-17-6-3-4-7-17/h5,8-11,17,24H,3-4,6-7,12-16H2,1-2H3,(H,25,26,27). The van der Waals surface area contributed by atoms with Gasteiger partial charge in [-0.25, -0.2) is 14.5 Å². The van der Waals surface area contributed by atoms with Crippen LogP contribution in [0.5, 0.6) is 0 Å². The van der Waals surface area contributed by atoms with E-state index in [1.807, 2.05) is 22.7 Å². The molecule has 0 spiro atoms. The van der Waals surface area contributed by atoms with Gasteiger partial charge in [0, 0.05) is 33.0 Å². The quantitative estimate of drug-likeness (QED) is 0.414. The zero-order valence-corrected chi connectivity index (χ0v) is 18.8. The van der Waals surface area contributed by atoms with Crippen molar-refractivity contribution in [3.05, 3.63) is 36.2 Å². The van der Waals surface area contributed by atoms with Crippen molar-refractivity contribution in [1.29, 1.82) is 0 Å². The number of nitrogens with zero attached hydrogens (tertiary/aromatic N) is 4. The van der Waals surface area contributed by atoms with Crippen molar-refractivity contribution < 1.29 is 14.2 Å². The van der Waals surface area contributed by atoms with Gasteiger partial charge in [0.05, 0.1) is 48.9 Å². The van der Waals surface area contributed by atoms with Gasteiger partial charge in [-0.1, -0.05) is 18.9 Å². The molecule has 4 rings (SSSR count). The van der Waals surface area contributed by atoms with Gasteiger partial charge in [0.15, 0.2) is 0 Å². The second-order valence-electron chi connectivity index (χ2n) is 7.89. The first kappa shape index (κ1) is 22.4. The molecule has 9 nitrogen and oxygen atoms in total. The van der Waals surface area contributed by atoms with Crippen LogP contribution >= 0.6 is 0 Å². The summed E-state index contributed by atoms with van der Waals surface area (Å²) in [5.41, 5.74) is 3.57. The summed E-state index contributed by atoms with van der Waals surface area (Å²) in [6, 6.07) is 8.45. The van der Waals surface area contributed by atoms with Gasteiger partial charge >= 0.3 is 0 Å². The monoisotopic (exact) mass is 440 g/mol. The molecule has 0 bridgehead atoms. The second-order valence-corrected chi connectivity index (χ2v) is 7.89. The minimum atomic E-state index is 0.368. The topological polar surface area (TPSA) is 94.8 Å². The smallest absolute Gasteiger partial charge is 0.223 e. The molecule has 3 heterocycles. The van der Waals surface area contributed by atoms with Gasteiger partial charge in [0.2, 0.25) is 5.95 Å². The van der Waals surface area contributed by atoms with Crippen LogP contribution in [0.25, 0.3) is 16.8 Å². The lowest BCUT2D eigenvalue weighted by molar-refractivity contribution is 0.0603. The fourth-order valence-corrected chi connectivity index (χ4v) is 4.04. The fourth-order valence-electron chi connectivity index (χ4n) is 4.04. The summed E-state index contributed by atoms with van der Waals surface area (Å²) >= 11 is 0. The molecular weight excluding hydrogens is 408 g/mol. The molecule has 1 aliphatic rings. The van der Waals surface area contributed by atoms with Gasteiger partial charge in [0.1, 0.15) is 5.82 Å². The molecule has 0 radical (unpaired) electrons. The number of ether oxygens (including phenoxy) is 3. The number of fused-ring (bicyclic) bond motifs is 1. The fraction of sp³-hybridized carbons (Fsp3) is 0.522. The molecule has 0 aliphatic heterocycles. The van der Waals surface area contributed by atoms with Crippen LogP contribution < -0.4 is 10.6 Å². The predicted octanol–water partition coefficient (Wildman–Crippen LogP) is 3.37. The lowest BCUT2D eigenvalue weighted by Gasteiger charge is -2.12. The summed E-state index contributed by atoms with van der Waals surface area (Å²) in [6.45, 7) is 2.71. The van der Waals surface area contributed by atoms with E-state index >= 15 is 0 Å². The largest absolute Gasteiger partial charge is 0.383 e. The van der Waals surface area contributed by atoms with E-state index in [9.17, 15) is 0 Å². The van der Waals surface area contributed by atoms with Crippen LogP contribution in [0.2, 0.25) is 0 Å². The molecule has 3 aromatic rings. The zero-order chi connectivity index (χ0) is 22.2. The van der Waals surface area contributed by atoms with E-state index in [1.54, 1.807) is 20.4 Å². The molecule has 9 heteroatoms. The Balaban J connectivity index is 1.68.